The largest absolute Gasteiger partial charge is 0.480 e. The Morgan fingerprint density at radius 1 is 0.905 bits per heavy atom. The zero-order valence-corrected chi connectivity index (χ0v) is 12.4. The molecule has 1 atom stereocenters. The average molecular weight is 283 g/mol. The number of rotatable bonds is 6. The van der Waals surface area contributed by atoms with Crippen molar-refractivity contribution in [3.05, 3.63) is 71.8 Å². The lowest BCUT2D eigenvalue weighted by Gasteiger charge is -2.27. The standard InChI is InChI=1S/C18H21NO2/c1-13(2)19-17(18(20)21)16(14-9-5-3-6-10-14)15-11-7-4-8-12-15/h3-13,16-17,19H,1-2H3,(H,20,21). The number of benzene rings is 2. The Morgan fingerprint density at radius 3 is 1.67 bits per heavy atom. The van der Waals surface area contributed by atoms with Crippen LogP contribution in [-0.4, -0.2) is 23.2 Å². The average Bonchev–Trinajstić information content (AvgIpc) is 2.48. The van der Waals surface area contributed by atoms with E-state index in [0.717, 1.165) is 11.1 Å². The van der Waals surface area contributed by atoms with Crippen LogP contribution in [0.1, 0.15) is 30.9 Å². The van der Waals surface area contributed by atoms with Crippen LogP contribution < -0.4 is 5.32 Å². The topological polar surface area (TPSA) is 49.3 Å². The summed E-state index contributed by atoms with van der Waals surface area (Å²) < 4.78 is 0. The Kier molecular flexibility index (Phi) is 5.12. The second-order valence-corrected chi connectivity index (χ2v) is 5.44. The molecule has 0 fully saturated rings. The van der Waals surface area contributed by atoms with Gasteiger partial charge in [0, 0.05) is 12.0 Å². The number of aliphatic carboxylic acids is 1. The van der Waals surface area contributed by atoms with Gasteiger partial charge in [0.05, 0.1) is 0 Å². The Labute approximate surface area is 125 Å². The summed E-state index contributed by atoms with van der Waals surface area (Å²) >= 11 is 0. The molecule has 3 heteroatoms. The third-order valence-electron chi connectivity index (χ3n) is 3.43. The van der Waals surface area contributed by atoms with Crippen molar-refractivity contribution in [2.24, 2.45) is 0 Å². The Balaban J connectivity index is 2.47. The maximum Gasteiger partial charge on any atom is 0.321 e. The first-order chi connectivity index (χ1) is 10.1. The molecule has 1 unspecified atom stereocenters. The zero-order chi connectivity index (χ0) is 15.2. The second kappa shape index (κ2) is 7.04. The van der Waals surface area contributed by atoms with E-state index in [0.29, 0.717) is 0 Å². The van der Waals surface area contributed by atoms with Gasteiger partial charge in [-0.25, -0.2) is 0 Å². The molecule has 2 aromatic carbocycles. The van der Waals surface area contributed by atoms with Gasteiger partial charge in [0.2, 0.25) is 0 Å². The molecule has 0 saturated heterocycles. The molecule has 3 nitrogen and oxygen atoms in total. The van der Waals surface area contributed by atoms with Crippen LogP contribution in [0.3, 0.4) is 0 Å². The highest BCUT2D eigenvalue weighted by molar-refractivity contribution is 5.76. The number of carboxylic acids is 1. The molecular formula is C18H21NO2. The van der Waals surface area contributed by atoms with Crippen molar-refractivity contribution in [1.29, 1.82) is 0 Å². The number of hydrogen-bond acceptors (Lipinski definition) is 2. The van der Waals surface area contributed by atoms with Crippen LogP contribution in [0.15, 0.2) is 60.7 Å². The SMILES string of the molecule is CC(C)NC(C(=O)O)C(c1ccccc1)c1ccccc1. The molecule has 2 rings (SSSR count). The number of hydrogen-bond donors (Lipinski definition) is 2. The molecule has 0 aliphatic rings. The van der Waals surface area contributed by atoms with E-state index in [1.165, 1.54) is 0 Å². The predicted octanol–water partition coefficient (Wildman–Crippen LogP) is 3.27. The first-order valence-electron chi connectivity index (χ1n) is 7.18. The molecule has 2 N–H and O–H groups in total. The van der Waals surface area contributed by atoms with E-state index in [-0.39, 0.29) is 12.0 Å². The second-order valence-electron chi connectivity index (χ2n) is 5.44. The van der Waals surface area contributed by atoms with Gasteiger partial charge >= 0.3 is 5.97 Å². The number of carboxylic acid groups (broad SMARTS) is 1. The molecule has 0 bridgehead atoms. The van der Waals surface area contributed by atoms with E-state index in [2.05, 4.69) is 5.32 Å². The van der Waals surface area contributed by atoms with Gasteiger partial charge in [0.15, 0.2) is 0 Å². The van der Waals surface area contributed by atoms with Crippen molar-refractivity contribution in [2.75, 3.05) is 0 Å². The van der Waals surface area contributed by atoms with Crippen LogP contribution in [0.5, 0.6) is 0 Å². The van der Waals surface area contributed by atoms with Crippen molar-refractivity contribution < 1.29 is 9.90 Å². The van der Waals surface area contributed by atoms with Gasteiger partial charge in [0.1, 0.15) is 6.04 Å². The minimum Gasteiger partial charge on any atom is -0.480 e. The molecule has 2 aromatic rings. The minimum atomic E-state index is -0.832. The van der Waals surface area contributed by atoms with E-state index in [1.807, 2.05) is 74.5 Å². The summed E-state index contributed by atoms with van der Waals surface area (Å²) in [7, 11) is 0. The summed E-state index contributed by atoms with van der Waals surface area (Å²) in [6, 6.07) is 19.0. The molecular weight excluding hydrogens is 262 g/mol. The van der Waals surface area contributed by atoms with Gasteiger partial charge in [-0.05, 0) is 11.1 Å². The van der Waals surface area contributed by atoms with Gasteiger partial charge < -0.3 is 10.4 Å². The third-order valence-corrected chi connectivity index (χ3v) is 3.43. The lowest BCUT2D eigenvalue weighted by molar-refractivity contribution is -0.140. The summed E-state index contributed by atoms with van der Waals surface area (Å²) in [5.41, 5.74) is 2.01. The molecule has 0 radical (unpaired) electrons. The quantitative estimate of drug-likeness (QED) is 0.855. The molecule has 0 heterocycles. The van der Waals surface area contributed by atoms with Crippen LogP contribution in [0.25, 0.3) is 0 Å². The molecule has 0 aromatic heterocycles. The maximum absolute atomic E-state index is 11.8. The van der Waals surface area contributed by atoms with Crippen molar-refractivity contribution in [3.8, 4) is 0 Å². The van der Waals surface area contributed by atoms with Crippen LogP contribution in [0.2, 0.25) is 0 Å². The molecule has 0 aliphatic carbocycles. The Bertz CT molecular complexity index is 527. The highest BCUT2D eigenvalue weighted by atomic mass is 16.4. The predicted molar refractivity (Wildman–Crippen MR) is 84.4 cm³/mol. The van der Waals surface area contributed by atoms with Gasteiger partial charge in [0.25, 0.3) is 0 Å². The minimum absolute atomic E-state index is 0.0982. The molecule has 21 heavy (non-hydrogen) atoms. The Morgan fingerprint density at radius 2 is 1.33 bits per heavy atom. The van der Waals surface area contributed by atoms with Crippen LogP contribution in [0.4, 0.5) is 0 Å². The maximum atomic E-state index is 11.8. The molecule has 0 amide bonds. The normalized spacial score (nSPS) is 12.6. The summed E-state index contributed by atoms with van der Waals surface area (Å²) in [4.78, 5) is 11.8. The van der Waals surface area contributed by atoms with Crippen molar-refractivity contribution in [2.45, 2.75) is 31.8 Å². The zero-order valence-electron chi connectivity index (χ0n) is 12.4. The molecule has 0 saturated carbocycles. The Hall–Kier alpha value is -2.13. The monoisotopic (exact) mass is 283 g/mol. The van der Waals surface area contributed by atoms with E-state index in [9.17, 15) is 9.90 Å². The van der Waals surface area contributed by atoms with Gasteiger partial charge in [-0.2, -0.15) is 0 Å². The smallest absolute Gasteiger partial charge is 0.321 e. The van der Waals surface area contributed by atoms with Gasteiger partial charge in [-0.1, -0.05) is 74.5 Å². The van der Waals surface area contributed by atoms with E-state index in [4.69, 9.17) is 0 Å². The molecule has 110 valence electrons. The van der Waals surface area contributed by atoms with Crippen molar-refractivity contribution in [1.82, 2.24) is 5.32 Å². The van der Waals surface area contributed by atoms with E-state index >= 15 is 0 Å². The van der Waals surface area contributed by atoms with Crippen LogP contribution in [-0.2, 0) is 4.79 Å². The van der Waals surface area contributed by atoms with Gasteiger partial charge in [-0.3, -0.25) is 4.79 Å². The fourth-order valence-electron chi connectivity index (χ4n) is 2.57. The number of carbonyl (C=O) groups is 1. The lowest BCUT2D eigenvalue weighted by atomic mass is 9.84. The highest BCUT2D eigenvalue weighted by Gasteiger charge is 2.30. The summed E-state index contributed by atoms with van der Waals surface area (Å²) in [6.07, 6.45) is 0. The summed E-state index contributed by atoms with van der Waals surface area (Å²) in [5, 5.41) is 12.8. The fraction of sp³-hybridized carbons (Fsp3) is 0.278. The van der Waals surface area contributed by atoms with Crippen molar-refractivity contribution >= 4 is 5.97 Å². The summed E-state index contributed by atoms with van der Waals surface area (Å²) in [5.74, 6) is -1.05. The van der Waals surface area contributed by atoms with Crippen LogP contribution >= 0.6 is 0 Å². The fourth-order valence-corrected chi connectivity index (χ4v) is 2.57. The number of nitrogens with one attached hydrogen (secondary N) is 1. The van der Waals surface area contributed by atoms with Gasteiger partial charge in [-0.15, -0.1) is 0 Å². The molecule has 0 aliphatic heterocycles. The first kappa shape index (κ1) is 15.3. The molecule has 0 spiro atoms. The van der Waals surface area contributed by atoms with E-state index in [1.54, 1.807) is 0 Å². The van der Waals surface area contributed by atoms with E-state index < -0.39 is 12.0 Å². The third kappa shape index (κ3) is 3.92. The van der Waals surface area contributed by atoms with Crippen LogP contribution in [0, 0.1) is 0 Å². The summed E-state index contributed by atoms with van der Waals surface area (Å²) in [6.45, 7) is 3.92. The lowest BCUT2D eigenvalue weighted by Crippen LogP contribution is -2.45. The first-order valence-corrected chi connectivity index (χ1v) is 7.18. The van der Waals surface area contributed by atoms with Crippen molar-refractivity contribution in [3.63, 3.8) is 0 Å². The highest BCUT2D eigenvalue weighted by Crippen LogP contribution is 2.28.